The topological polar surface area (TPSA) is 74.4 Å². The van der Waals surface area contributed by atoms with Crippen molar-refractivity contribution >= 4 is 28.6 Å². The molecule has 0 fully saturated rings. The maximum Gasteiger partial charge on any atom is 0.417 e. The molecule has 1 amide bonds. The van der Waals surface area contributed by atoms with E-state index in [1.807, 2.05) is 0 Å². The SMILES string of the molecule is NC(=O)CSc1cc(C(F)(F)F)c2cc3c(cc2n1)OCO3. The Labute approximate surface area is 126 Å². The zero-order chi connectivity index (χ0) is 15.9. The maximum absolute atomic E-state index is 13.2. The Morgan fingerprint density at radius 3 is 2.59 bits per heavy atom. The van der Waals surface area contributed by atoms with Crippen molar-refractivity contribution in [3.05, 3.63) is 23.8 Å². The summed E-state index contributed by atoms with van der Waals surface area (Å²) >= 11 is 0.849. The first-order chi connectivity index (χ1) is 10.3. The highest BCUT2D eigenvalue weighted by atomic mass is 32.2. The second-order valence-electron chi connectivity index (χ2n) is 4.48. The Hall–Kier alpha value is -2.16. The molecule has 5 nitrogen and oxygen atoms in total. The molecule has 1 aromatic carbocycles. The predicted molar refractivity (Wildman–Crippen MR) is 72.8 cm³/mol. The lowest BCUT2D eigenvalue weighted by Crippen LogP contribution is -2.13. The molecule has 3 rings (SSSR count). The summed E-state index contributed by atoms with van der Waals surface area (Å²) in [5.74, 6) is -0.200. The highest BCUT2D eigenvalue weighted by Crippen LogP contribution is 2.42. The second kappa shape index (κ2) is 5.24. The number of pyridine rings is 1. The summed E-state index contributed by atoms with van der Waals surface area (Å²) < 4.78 is 50.0. The van der Waals surface area contributed by atoms with Crippen LogP contribution >= 0.6 is 11.8 Å². The lowest BCUT2D eigenvalue weighted by molar-refractivity contribution is -0.136. The minimum atomic E-state index is -4.56. The molecule has 1 aliphatic heterocycles. The van der Waals surface area contributed by atoms with Crippen LogP contribution < -0.4 is 15.2 Å². The molecule has 2 aromatic rings. The monoisotopic (exact) mass is 330 g/mol. The van der Waals surface area contributed by atoms with E-state index in [9.17, 15) is 18.0 Å². The van der Waals surface area contributed by atoms with Gasteiger partial charge in [0.15, 0.2) is 11.5 Å². The molecule has 1 aliphatic rings. The third kappa shape index (κ3) is 2.76. The summed E-state index contributed by atoms with van der Waals surface area (Å²) in [6.07, 6.45) is -4.56. The minimum absolute atomic E-state index is 0.0453. The molecule has 1 aromatic heterocycles. The number of thioether (sulfide) groups is 1. The maximum atomic E-state index is 13.2. The fourth-order valence-corrected chi connectivity index (χ4v) is 2.70. The fourth-order valence-electron chi connectivity index (χ4n) is 2.05. The van der Waals surface area contributed by atoms with Crippen LogP contribution in [-0.4, -0.2) is 23.4 Å². The van der Waals surface area contributed by atoms with E-state index in [1.54, 1.807) is 0 Å². The third-order valence-corrected chi connectivity index (χ3v) is 3.88. The first-order valence-electron chi connectivity index (χ1n) is 6.07. The number of nitrogens with two attached hydrogens (primary N) is 1. The Kier molecular flexibility index (Phi) is 3.51. The van der Waals surface area contributed by atoms with Crippen molar-refractivity contribution in [3.63, 3.8) is 0 Å². The molecule has 2 N–H and O–H groups in total. The van der Waals surface area contributed by atoms with Gasteiger partial charge in [0.05, 0.1) is 21.9 Å². The highest BCUT2D eigenvalue weighted by Gasteiger charge is 2.34. The molecule has 22 heavy (non-hydrogen) atoms. The Balaban J connectivity index is 2.16. The quantitative estimate of drug-likeness (QED) is 0.876. The van der Waals surface area contributed by atoms with Gasteiger partial charge in [0, 0.05) is 11.5 Å². The van der Waals surface area contributed by atoms with E-state index >= 15 is 0 Å². The molecular formula is C13H9F3N2O3S. The lowest BCUT2D eigenvalue weighted by Gasteiger charge is -2.12. The Morgan fingerprint density at radius 2 is 1.95 bits per heavy atom. The molecule has 9 heteroatoms. The van der Waals surface area contributed by atoms with Gasteiger partial charge in [-0.3, -0.25) is 4.79 Å². The Morgan fingerprint density at radius 1 is 1.27 bits per heavy atom. The van der Waals surface area contributed by atoms with Crippen molar-refractivity contribution < 1.29 is 27.4 Å². The highest BCUT2D eigenvalue weighted by molar-refractivity contribution is 7.99. The lowest BCUT2D eigenvalue weighted by atomic mass is 10.1. The number of primary amides is 1. The van der Waals surface area contributed by atoms with Crippen molar-refractivity contribution in [2.75, 3.05) is 12.5 Å². The summed E-state index contributed by atoms with van der Waals surface area (Å²) in [5, 5.41) is -0.0161. The number of nitrogens with zero attached hydrogens (tertiary/aromatic N) is 1. The average molecular weight is 330 g/mol. The molecule has 0 unspecified atom stereocenters. The van der Waals surface area contributed by atoms with Crippen LogP contribution in [-0.2, 0) is 11.0 Å². The number of hydrogen-bond acceptors (Lipinski definition) is 5. The van der Waals surface area contributed by atoms with Gasteiger partial charge in [0.2, 0.25) is 12.7 Å². The van der Waals surface area contributed by atoms with Gasteiger partial charge >= 0.3 is 6.18 Å². The van der Waals surface area contributed by atoms with E-state index in [0.29, 0.717) is 5.75 Å². The standard InChI is InChI=1S/C13H9F3N2O3S/c14-13(15,16)7-2-12(22-4-11(17)19)18-8-3-10-9(1-6(7)8)20-5-21-10/h1-3H,4-5H2,(H2,17,19). The first-order valence-corrected chi connectivity index (χ1v) is 7.06. The van der Waals surface area contributed by atoms with E-state index in [1.165, 1.54) is 12.1 Å². The normalized spacial score (nSPS) is 13.6. The Bertz CT molecular complexity index is 764. The van der Waals surface area contributed by atoms with E-state index in [2.05, 4.69) is 4.98 Å². The van der Waals surface area contributed by atoms with Crippen molar-refractivity contribution in [2.24, 2.45) is 5.73 Å². The molecule has 0 atom stereocenters. The largest absolute Gasteiger partial charge is 0.454 e. The van der Waals surface area contributed by atoms with Gasteiger partial charge < -0.3 is 15.2 Å². The number of benzene rings is 1. The van der Waals surface area contributed by atoms with Gasteiger partial charge in [-0.25, -0.2) is 4.98 Å². The van der Waals surface area contributed by atoms with Crippen molar-refractivity contribution in [1.82, 2.24) is 4.98 Å². The smallest absolute Gasteiger partial charge is 0.417 e. The average Bonchev–Trinajstić information content (AvgIpc) is 2.87. The number of carbonyl (C=O) groups excluding carboxylic acids is 1. The van der Waals surface area contributed by atoms with E-state index in [4.69, 9.17) is 15.2 Å². The fraction of sp³-hybridized carbons (Fsp3) is 0.231. The van der Waals surface area contributed by atoms with Crippen molar-refractivity contribution in [2.45, 2.75) is 11.2 Å². The van der Waals surface area contributed by atoms with Gasteiger partial charge in [-0.05, 0) is 12.1 Å². The molecule has 116 valence electrons. The zero-order valence-corrected chi connectivity index (χ0v) is 11.8. The van der Waals surface area contributed by atoms with Crippen molar-refractivity contribution in [1.29, 1.82) is 0 Å². The molecule has 0 bridgehead atoms. The van der Waals surface area contributed by atoms with Gasteiger partial charge in [-0.1, -0.05) is 11.8 Å². The molecule has 0 spiro atoms. The summed E-state index contributed by atoms with van der Waals surface area (Å²) in [6.45, 7) is -0.0453. The zero-order valence-electron chi connectivity index (χ0n) is 10.9. The number of hydrogen-bond donors (Lipinski definition) is 1. The number of carbonyl (C=O) groups is 1. The number of fused-ring (bicyclic) bond motifs is 2. The number of halogens is 3. The number of ether oxygens (including phenoxy) is 2. The third-order valence-electron chi connectivity index (χ3n) is 2.95. The molecule has 0 saturated carbocycles. The number of rotatable bonds is 3. The molecule has 0 radical (unpaired) electrons. The first kappa shape index (κ1) is 14.8. The summed E-state index contributed by atoms with van der Waals surface area (Å²) in [7, 11) is 0. The number of alkyl halides is 3. The minimum Gasteiger partial charge on any atom is -0.454 e. The molecule has 2 heterocycles. The van der Waals surface area contributed by atoms with Crippen molar-refractivity contribution in [3.8, 4) is 11.5 Å². The van der Waals surface area contributed by atoms with Gasteiger partial charge in [-0.15, -0.1) is 0 Å². The molecular weight excluding hydrogens is 321 g/mol. The summed E-state index contributed by atoms with van der Waals surface area (Å²) in [6, 6.07) is 3.55. The molecule has 0 aliphatic carbocycles. The molecule has 0 saturated heterocycles. The van der Waals surface area contributed by atoms with Crippen LogP contribution in [0.25, 0.3) is 10.9 Å². The number of aromatic nitrogens is 1. The summed E-state index contributed by atoms with van der Waals surface area (Å²) in [5.41, 5.74) is 4.28. The summed E-state index contributed by atoms with van der Waals surface area (Å²) in [4.78, 5) is 14.9. The van der Waals surface area contributed by atoms with Crippen LogP contribution in [0.2, 0.25) is 0 Å². The predicted octanol–water partition coefficient (Wildman–Crippen LogP) is 2.56. The van der Waals surface area contributed by atoms with Crippen LogP contribution in [0.1, 0.15) is 5.56 Å². The van der Waals surface area contributed by atoms with Crippen LogP contribution in [0.4, 0.5) is 13.2 Å². The van der Waals surface area contributed by atoms with Crippen LogP contribution in [0.15, 0.2) is 23.2 Å². The second-order valence-corrected chi connectivity index (χ2v) is 5.48. The van der Waals surface area contributed by atoms with Crippen LogP contribution in [0.5, 0.6) is 11.5 Å². The van der Waals surface area contributed by atoms with Gasteiger partial charge in [0.1, 0.15) is 0 Å². The van der Waals surface area contributed by atoms with Crippen LogP contribution in [0.3, 0.4) is 0 Å². The van der Waals surface area contributed by atoms with E-state index in [-0.39, 0.29) is 34.2 Å². The van der Waals surface area contributed by atoms with Gasteiger partial charge in [-0.2, -0.15) is 13.2 Å². The number of amides is 1. The van der Waals surface area contributed by atoms with E-state index < -0.39 is 17.6 Å². The van der Waals surface area contributed by atoms with Crippen LogP contribution in [0, 0.1) is 0 Å². The van der Waals surface area contributed by atoms with E-state index in [0.717, 1.165) is 17.8 Å². The van der Waals surface area contributed by atoms with Gasteiger partial charge in [0.25, 0.3) is 0 Å².